The quantitative estimate of drug-likeness (QED) is 0.580. The van der Waals surface area contributed by atoms with Gasteiger partial charge in [0.1, 0.15) is 0 Å². The molecule has 1 aliphatic rings. The van der Waals surface area contributed by atoms with Gasteiger partial charge in [-0.05, 0) is 12.0 Å². The van der Waals surface area contributed by atoms with Crippen molar-refractivity contribution in [1.82, 2.24) is 5.43 Å². The fraction of sp³-hybridized carbons (Fsp3) is 0.556. The van der Waals surface area contributed by atoms with Crippen molar-refractivity contribution < 1.29 is 13.2 Å². The summed E-state index contributed by atoms with van der Waals surface area (Å²) in [6.45, 7) is 0. The molecule has 0 aromatic carbocycles. The first-order valence-corrected chi connectivity index (χ1v) is 4.48. The summed E-state index contributed by atoms with van der Waals surface area (Å²) in [5, 5.41) is 0. The number of hydrogen-bond donors (Lipinski definition) is 2. The maximum atomic E-state index is 12.6. The average molecular weight is 202 g/mol. The maximum absolute atomic E-state index is 12.6. The number of hydrogen-bond acceptors (Lipinski definition) is 3. The van der Waals surface area contributed by atoms with Crippen LogP contribution in [0.25, 0.3) is 0 Å². The van der Waals surface area contributed by atoms with E-state index in [2.05, 4.69) is 5.43 Å². The van der Waals surface area contributed by atoms with E-state index < -0.39 is 5.92 Å². The SMILES string of the molecule is NNC(c1ccoc1)C1CC(F)(F)C1. The minimum atomic E-state index is -2.51. The molecule has 0 amide bonds. The lowest BCUT2D eigenvalue weighted by molar-refractivity contribution is -0.120. The van der Waals surface area contributed by atoms with E-state index in [9.17, 15) is 8.78 Å². The van der Waals surface area contributed by atoms with Crippen LogP contribution >= 0.6 is 0 Å². The summed E-state index contributed by atoms with van der Waals surface area (Å²) in [5.41, 5.74) is 3.38. The van der Waals surface area contributed by atoms with Crippen molar-refractivity contribution in [1.29, 1.82) is 0 Å². The number of nitrogens with two attached hydrogens (primary N) is 1. The van der Waals surface area contributed by atoms with Gasteiger partial charge in [-0.25, -0.2) is 8.78 Å². The Hall–Kier alpha value is -0.940. The molecule has 1 aromatic heterocycles. The van der Waals surface area contributed by atoms with E-state index in [1.54, 1.807) is 6.07 Å². The molecular formula is C9H12F2N2O. The summed E-state index contributed by atoms with van der Waals surface area (Å²) in [6.07, 6.45) is 2.83. The van der Waals surface area contributed by atoms with Crippen LogP contribution in [0.15, 0.2) is 23.0 Å². The summed E-state index contributed by atoms with van der Waals surface area (Å²) >= 11 is 0. The molecule has 0 spiro atoms. The van der Waals surface area contributed by atoms with Crippen molar-refractivity contribution in [3.8, 4) is 0 Å². The highest BCUT2D eigenvalue weighted by Crippen LogP contribution is 2.47. The van der Waals surface area contributed by atoms with Crippen molar-refractivity contribution in [3.63, 3.8) is 0 Å². The molecule has 0 bridgehead atoms. The van der Waals surface area contributed by atoms with Gasteiger partial charge in [-0.3, -0.25) is 11.3 Å². The van der Waals surface area contributed by atoms with Crippen LogP contribution in [-0.4, -0.2) is 5.92 Å². The molecule has 0 aliphatic heterocycles. The largest absolute Gasteiger partial charge is 0.472 e. The smallest absolute Gasteiger partial charge is 0.248 e. The number of halogens is 2. The van der Waals surface area contributed by atoms with Gasteiger partial charge in [-0.2, -0.15) is 0 Å². The Balaban J connectivity index is 2.02. The lowest BCUT2D eigenvalue weighted by atomic mass is 9.75. The van der Waals surface area contributed by atoms with Gasteiger partial charge in [-0.1, -0.05) is 0 Å². The lowest BCUT2D eigenvalue weighted by Crippen LogP contribution is -2.45. The summed E-state index contributed by atoms with van der Waals surface area (Å²) in [5.74, 6) is 2.71. The van der Waals surface area contributed by atoms with Gasteiger partial charge in [0.25, 0.3) is 0 Å². The number of nitrogens with one attached hydrogen (secondary N) is 1. The van der Waals surface area contributed by atoms with Crippen LogP contribution in [0.4, 0.5) is 8.78 Å². The van der Waals surface area contributed by atoms with Gasteiger partial charge < -0.3 is 4.42 Å². The second-order valence-corrected chi connectivity index (χ2v) is 3.73. The molecule has 3 nitrogen and oxygen atoms in total. The molecule has 1 aliphatic carbocycles. The van der Waals surface area contributed by atoms with E-state index in [0.717, 1.165) is 5.56 Å². The predicted octanol–water partition coefficient (Wildman–Crippen LogP) is 1.83. The molecule has 1 aromatic rings. The van der Waals surface area contributed by atoms with Crippen molar-refractivity contribution in [2.75, 3.05) is 0 Å². The van der Waals surface area contributed by atoms with E-state index >= 15 is 0 Å². The Morgan fingerprint density at radius 2 is 2.29 bits per heavy atom. The van der Waals surface area contributed by atoms with Crippen LogP contribution in [0.5, 0.6) is 0 Å². The van der Waals surface area contributed by atoms with Gasteiger partial charge in [0.05, 0.1) is 18.6 Å². The Kier molecular flexibility index (Phi) is 2.28. The zero-order valence-electron chi connectivity index (χ0n) is 7.54. The standard InChI is InChI=1S/C9H12F2N2O/c10-9(11)3-7(4-9)8(13-12)6-1-2-14-5-6/h1-2,5,7-8,13H,3-4,12H2. The fourth-order valence-electron chi connectivity index (χ4n) is 1.90. The summed E-state index contributed by atoms with van der Waals surface area (Å²) < 4.78 is 30.2. The van der Waals surface area contributed by atoms with Crippen molar-refractivity contribution in [2.24, 2.45) is 11.8 Å². The predicted molar refractivity (Wildman–Crippen MR) is 46.4 cm³/mol. The Bertz CT molecular complexity index is 292. The topological polar surface area (TPSA) is 51.2 Å². The first kappa shape index (κ1) is 9.61. The van der Waals surface area contributed by atoms with E-state index in [0.29, 0.717) is 0 Å². The van der Waals surface area contributed by atoms with Crippen molar-refractivity contribution in [3.05, 3.63) is 24.2 Å². The van der Waals surface area contributed by atoms with Gasteiger partial charge in [0, 0.05) is 18.4 Å². The summed E-state index contributed by atoms with van der Waals surface area (Å²) in [7, 11) is 0. The Morgan fingerprint density at radius 1 is 1.57 bits per heavy atom. The van der Waals surface area contributed by atoms with E-state index in [-0.39, 0.29) is 24.8 Å². The number of hydrazine groups is 1. The normalized spacial score (nSPS) is 23.1. The fourth-order valence-corrected chi connectivity index (χ4v) is 1.90. The molecular weight excluding hydrogens is 190 g/mol. The number of furan rings is 1. The molecule has 1 atom stereocenters. The second kappa shape index (κ2) is 3.33. The molecule has 14 heavy (non-hydrogen) atoms. The molecule has 0 saturated heterocycles. The van der Waals surface area contributed by atoms with Gasteiger partial charge in [-0.15, -0.1) is 0 Å². The second-order valence-electron chi connectivity index (χ2n) is 3.73. The minimum Gasteiger partial charge on any atom is -0.472 e. The Morgan fingerprint density at radius 3 is 2.71 bits per heavy atom. The van der Waals surface area contributed by atoms with Crippen molar-refractivity contribution >= 4 is 0 Å². The van der Waals surface area contributed by atoms with Crippen molar-refractivity contribution in [2.45, 2.75) is 24.8 Å². The highest BCUT2D eigenvalue weighted by atomic mass is 19.3. The summed E-state index contributed by atoms with van der Waals surface area (Å²) in [6, 6.07) is 1.51. The highest BCUT2D eigenvalue weighted by Gasteiger charge is 2.48. The van der Waals surface area contributed by atoms with Crippen LogP contribution in [0.2, 0.25) is 0 Å². The average Bonchev–Trinajstić information content (AvgIpc) is 2.55. The molecule has 1 saturated carbocycles. The molecule has 0 radical (unpaired) electrons. The lowest BCUT2D eigenvalue weighted by Gasteiger charge is -2.39. The van der Waals surface area contributed by atoms with E-state index in [4.69, 9.17) is 10.3 Å². The van der Waals surface area contributed by atoms with E-state index in [1.165, 1.54) is 12.5 Å². The highest BCUT2D eigenvalue weighted by molar-refractivity contribution is 5.14. The molecule has 1 heterocycles. The third-order valence-electron chi connectivity index (χ3n) is 2.67. The zero-order chi connectivity index (χ0) is 10.2. The third-order valence-corrected chi connectivity index (χ3v) is 2.67. The number of rotatable bonds is 3. The molecule has 3 N–H and O–H groups in total. The van der Waals surface area contributed by atoms with Gasteiger partial charge in [0.2, 0.25) is 5.92 Å². The molecule has 1 unspecified atom stereocenters. The van der Waals surface area contributed by atoms with Crippen LogP contribution in [-0.2, 0) is 0 Å². The van der Waals surface area contributed by atoms with Crippen LogP contribution in [0.1, 0.15) is 24.4 Å². The number of alkyl halides is 2. The van der Waals surface area contributed by atoms with Gasteiger partial charge >= 0.3 is 0 Å². The molecule has 2 rings (SSSR count). The molecule has 78 valence electrons. The van der Waals surface area contributed by atoms with Crippen LogP contribution in [0, 0.1) is 5.92 Å². The zero-order valence-corrected chi connectivity index (χ0v) is 7.54. The van der Waals surface area contributed by atoms with E-state index in [1.807, 2.05) is 0 Å². The summed E-state index contributed by atoms with van der Waals surface area (Å²) in [4.78, 5) is 0. The molecule has 1 fully saturated rings. The molecule has 5 heteroatoms. The first-order chi connectivity index (χ1) is 6.62. The monoisotopic (exact) mass is 202 g/mol. The third kappa shape index (κ3) is 1.65. The Labute approximate surface area is 80.2 Å². The maximum Gasteiger partial charge on any atom is 0.248 e. The van der Waals surface area contributed by atoms with Crippen LogP contribution in [0.3, 0.4) is 0 Å². The van der Waals surface area contributed by atoms with Crippen LogP contribution < -0.4 is 11.3 Å². The first-order valence-electron chi connectivity index (χ1n) is 4.48. The minimum absolute atomic E-state index is 0.104. The van der Waals surface area contributed by atoms with Gasteiger partial charge in [0.15, 0.2) is 0 Å².